The second-order valence-corrected chi connectivity index (χ2v) is 4.04. The van der Waals surface area contributed by atoms with E-state index in [0.717, 1.165) is 19.3 Å². The van der Waals surface area contributed by atoms with E-state index in [2.05, 4.69) is 12.2 Å². The third-order valence-corrected chi connectivity index (χ3v) is 2.64. The monoisotopic (exact) mass is 201 g/mol. The summed E-state index contributed by atoms with van der Waals surface area (Å²) >= 11 is 0. The zero-order valence-corrected chi connectivity index (χ0v) is 9.60. The summed E-state index contributed by atoms with van der Waals surface area (Å²) < 4.78 is 0. The number of hydrogen-bond donors (Lipinski definition) is 2. The lowest BCUT2D eigenvalue weighted by atomic mass is 9.94. The highest BCUT2D eigenvalue weighted by Gasteiger charge is 2.22. The first kappa shape index (κ1) is 13.4. The lowest BCUT2D eigenvalue weighted by molar-refractivity contribution is -0.123. The zero-order chi connectivity index (χ0) is 11.0. The Kier molecular flexibility index (Phi) is 6.54. The van der Waals surface area contributed by atoms with Gasteiger partial charge < -0.3 is 10.4 Å². The van der Waals surface area contributed by atoms with Crippen LogP contribution in [-0.4, -0.2) is 23.2 Å². The van der Waals surface area contributed by atoms with Crippen LogP contribution in [0, 0.1) is 0 Å². The van der Waals surface area contributed by atoms with E-state index < -0.39 is 0 Å². The van der Waals surface area contributed by atoms with Gasteiger partial charge in [-0.1, -0.05) is 20.3 Å². The molecule has 0 aromatic carbocycles. The van der Waals surface area contributed by atoms with Crippen LogP contribution in [0.4, 0.5) is 0 Å². The molecular weight excluding hydrogens is 178 g/mol. The molecule has 3 nitrogen and oxygen atoms in total. The van der Waals surface area contributed by atoms with Gasteiger partial charge in [0, 0.05) is 18.6 Å². The number of hydrogen-bond acceptors (Lipinski definition) is 2. The van der Waals surface area contributed by atoms with Crippen molar-refractivity contribution in [3.8, 4) is 0 Å². The molecule has 0 aliphatic heterocycles. The van der Waals surface area contributed by atoms with Crippen LogP contribution in [0.15, 0.2) is 0 Å². The zero-order valence-electron chi connectivity index (χ0n) is 9.60. The molecule has 0 bridgehead atoms. The lowest BCUT2D eigenvalue weighted by Gasteiger charge is -2.29. The Morgan fingerprint density at radius 2 is 2.07 bits per heavy atom. The number of carbonyl (C=O) groups is 1. The molecule has 0 heterocycles. The van der Waals surface area contributed by atoms with Gasteiger partial charge in [0.25, 0.3) is 0 Å². The van der Waals surface area contributed by atoms with Crippen molar-refractivity contribution in [2.45, 2.75) is 58.4 Å². The largest absolute Gasteiger partial charge is 0.396 e. The summed E-state index contributed by atoms with van der Waals surface area (Å²) in [6.07, 6.45) is 4.05. The SMILES string of the molecule is CCCCC(=O)NC(C)(CC)CCO. The van der Waals surface area contributed by atoms with Crippen LogP contribution in [0.3, 0.4) is 0 Å². The predicted octanol–water partition coefficient (Wildman–Crippen LogP) is 1.84. The normalized spacial score (nSPS) is 14.9. The van der Waals surface area contributed by atoms with Crippen LogP contribution in [0.25, 0.3) is 0 Å². The number of nitrogens with one attached hydrogen (secondary N) is 1. The van der Waals surface area contributed by atoms with Crippen molar-refractivity contribution in [1.29, 1.82) is 0 Å². The Balaban J connectivity index is 3.96. The molecule has 0 fully saturated rings. The molecule has 0 aliphatic rings. The van der Waals surface area contributed by atoms with Crippen molar-refractivity contribution in [3.05, 3.63) is 0 Å². The Hall–Kier alpha value is -0.570. The van der Waals surface area contributed by atoms with Gasteiger partial charge in [0.2, 0.25) is 5.91 Å². The third-order valence-electron chi connectivity index (χ3n) is 2.64. The maximum atomic E-state index is 11.5. The average Bonchev–Trinajstić information content (AvgIpc) is 2.15. The van der Waals surface area contributed by atoms with Crippen LogP contribution < -0.4 is 5.32 Å². The molecule has 0 aromatic rings. The minimum Gasteiger partial charge on any atom is -0.396 e. The quantitative estimate of drug-likeness (QED) is 0.660. The molecule has 0 spiro atoms. The molecule has 0 radical (unpaired) electrons. The Morgan fingerprint density at radius 3 is 2.50 bits per heavy atom. The van der Waals surface area contributed by atoms with E-state index in [-0.39, 0.29) is 18.1 Å². The summed E-state index contributed by atoms with van der Waals surface area (Å²) in [6.45, 7) is 6.20. The van der Waals surface area contributed by atoms with Crippen LogP contribution in [0.5, 0.6) is 0 Å². The number of unbranched alkanes of at least 4 members (excludes halogenated alkanes) is 1. The van der Waals surface area contributed by atoms with Crippen molar-refractivity contribution in [2.24, 2.45) is 0 Å². The summed E-state index contributed by atoms with van der Waals surface area (Å²) in [5.41, 5.74) is -0.237. The molecule has 1 unspecified atom stereocenters. The van der Waals surface area contributed by atoms with Crippen molar-refractivity contribution < 1.29 is 9.90 Å². The summed E-state index contributed by atoms with van der Waals surface area (Å²) in [6, 6.07) is 0. The highest BCUT2D eigenvalue weighted by Crippen LogP contribution is 2.14. The first-order chi connectivity index (χ1) is 6.58. The van der Waals surface area contributed by atoms with Gasteiger partial charge in [0.15, 0.2) is 0 Å². The maximum Gasteiger partial charge on any atom is 0.220 e. The van der Waals surface area contributed by atoms with E-state index in [0.29, 0.717) is 12.8 Å². The van der Waals surface area contributed by atoms with Crippen molar-refractivity contribution in [1.82, 2.24) is 5.32 Å². The van der Waals surface area contributed by atoms with E-state index >= 15 is 0 Å². The third kappa shape index (κ3) is 5.22. The number of carbonyl (C=O) groups excluding carboxylic acids is 1. The van der Waals surface area contributed by atoms with Crippen molar-refractivity contribution >= 4 is 5.91 Å². The summed E-state index contributed by atoms with van der Waals surface area (Å²) in [5.74, 6) is 0.102. The van der Waals surface area contributed by atoms with Gasteiger partial charge in [0.1, 0.15) is 0 Å². The second-order valence-electron chi connectivity index (χ2n) is 4.04. The molecule has 14 heavy (non-hydrogen) atoms. The highest BCUT2D eigenvalue weighted by atomic mass is 16.3. The highest BCUT2D eigenvalue weighted by molar-refractivity contribution is 5.76. The van der Waals surface area contributed by atoms with Crippen LogP contribution in [0.2, 0.25) is 0 Å². The van der Waals surface area contributed by atoms with Crippen LogP contribution >= 0.6 is 0 Å². The van der Waals surface area contributed by atoms with Crippen LogP contribution in [0.1, 0.15) is 52.9 Å². The molecular formula is C11H23NO2. The first-order valence-corrected chi connectivity index (χ1v) is 5.50. The minimum absolute atomic E-state index is 0.102. The first-order valence-electron chi connectivity index (χ1n) is 5.50. The van der Waals surface area contributed by atoms with Gasteiger partial charge in [-0.25, -0.2) is 0 Å². The molecule has 0 saturated heterocycles. The minimum atomic E-state index is -0.237. The topological polar surface area (TPSA) is 49.3 Å². The molecule has 2 N–H and O–H groups in total. The number of aliphatic hydroxyl groups excluding tert-OH is 1. The fourth-order valence-electron chi connectivity index (χ4n) is 1.31. The van der Waals surface area contributed by atoms with Crippen LogP contribution in [-0.2, 0) is 4.79 Å². The van der Waals surface area contributed by atoms with Gasteiger partial charge >= 0.3 is 0 Å². The van der Waals surface area contributed by atoms with E-state index in [1.165, 1.54) is 0 Å². The van der Waals surface area contributed by atoms with E-state index in [1.807, 2.05) is 13.8 Å². The second kappa shape index (κ2) is 6.82. The van der Waals surface area contributed by atoms with Gasteiger partial charge in [-0.05, 0) is 26.2 Å². The van der Waals surface area contributed by atoms with Crippen molar-refractivity contribution in [3.63, 3.8) is 0 Å². The van der Waals surface area contributed by atoms with Gasteiger partial charge in [0.05, 0.1) is 0 Å². The maximum absolute atomic E-state index is 11.5. The Bertz CT molecular complexity index is 171. The molecule has 1 amide bonds. The number of rotatable bonds is 7. The molecule has 84 valence electrons. The standard InChI is InChI=1S/C11H23NO2/c1-4-6-7-10(14)12-11(3,5-2)8-9-13/h13H,4-9H2,1-3H3,(H,12,14). The predicted molar refractivity (Wildman–Crippen MR) is 58.1 cm³/mol. The fourth-order valence-corrected chi connectivity index (χ4v) is 1.31. The lowest BCUT2D eigenvalue weighted by Crippen LogP contribution is -2.46. The summed E-state index contributed by atoms with van der Waals surface area (Å²) in [5, 5.41) is 11.9. The van der Waals surface area contributed by atoms with E-state index in [1.54, 1.807) is 0 Å². The smallest absolute Gasteiger partial charge is 0.220 e. The molecule has 0 rings (SSSR count). The average molecular weight is 201 g/mol. The molecule has 0 saturated carbocycles. The molecule has 3 heteroatoms. The summed E-state index contributed by atoms with van der Waals surface area (Å²) in [4.78, 5) is 11.5. The fraction of sp³-hybridized carbons (Fsp3) is 0.909. The summed E-state index contributed by atoms with van der Waals surface area (Å²) in [7, 11) is 0. The number of aliphatic hydroxyl groups is 1. The Labute approximate surface area is 86.9 Å². The van der Waals surface area contributed by atoms with E-state index in [9.17, 15) is 4.79 Å². The molecule has 1 atom stereocenters. The Morgan fingerprint density at radius 1 is 1.43 bits per heavy atom. The van der Waals surface area contributed by atoms with Gasteiger partial charge in [-0.3, -0.25) is 4.79 Å². The molecule has 0 aliphatic carbocycles. The van der Waals surface area contributed by atoms with E-state index in [4.69, 9.17) is 5.11 Å². The van der Waals surface area contributed by atoms with Gasteiger partial charge in [-0.15, -0.1) is 0 Å². The molecule has 0 aromatic heterocycles. The number of amides is 1. The van der Waals surface area contributed by atoms with Gasteiger partial charge in [-0.2, -0.15) is 0 Å². The van der Waals surface area contributed by atoms with Crippen molar-refractivity contribution in [2.75, 3.05) is 6.61 Å².